The second kappa shape index (κ2) is 2.47. The van der Waals surface area contributed by atoms with Crippen molar-refractivity contribution < 1.29 is 4.74 Å². The highest BCUT2D eigenvalue weighted by Gasteiger charge is 1.98. The van der Waals surface area contributed by atoms with Crippen LogP contribution in [0.5, 0.6) is 5.75 Å². The van der Waals surface area contributed by atoms with E-state index < -0.39 is 0 Å². The molecule has 0 aliphatic heterocycles. The van der Waals surface area contributed by atoms with Crippen LogP contribution in [0, 0.1) is 0 Å². The zero-order chi connectivity index (χ0) is 7.68. The van der Waals surface area contributed by atoms with Gasteiger partial charge in [0.05, 0.1) is 18.8 Å². The van der Waals surface area contributed by atoms with Crippen molar-refractivity contribution in [1.82, 2.24) is 8.75 Å². The summed E-state index contributed by atoms with van der Waals surface area (Å²) in [6, 6.07) is 5.65. The minimum Gasteiger partial charge on any atom is -0.497 e. The van der Waals surface area contributed by atoms with Crippen LogP contribution in [-0.4, -0.2) is 15.9 Å². The summed E-state index contributed by atoms with van der Waals surface area (Å²) >= 11 is 1.22. The normalized spacial score (nSPS) is 10.3. The smallest absolute Gasteiger partial charge is 0.121 e. The van der Waals surface area contributed by atoms with E-state index in [0.29, 0.717) is 0 Å². The van der Waals surface area contributed by atoms with Gasteiger partial charge in [-0.05, 0) is 12.1 Å². The van der Waals surface area contributed by atoms with Gasteiger partial charge >= 0.3 is 0 Å². The number of nitrogens with zero attached hydrogens (tertiary/aromatic N) is 2. The van der Waals surface area contributed by atoms with E-state index >= 15 is 0 Å². The number of rotatable bonds is 1. The number of fused-ring (bicyclic) bond motifs is 1. The maximum Gasteiger partial charge on any atom is 0.121 e. The molecule has 0 saturated carbocycles. The van der Waals surface area contributed by atoms with E-state index in [4.69, 9.17) is 4.74 Å². The van der Waals surface area contributed by atoms with Crippen LogP contribution in [0.3, 0.4) is 0 Å². The lowest BCUT2D eigenvalue weighted by Gasteiger charge is -1.95. The highest BCUT2D eigenvalue weighted by Crippen LogP contribution is 2.17. The van der Waals surface area contributed by atoms with E-state index in [-0.39, 0.29) is 0 Å². The summed E-state index contributed by atoms with van der Waals surface area (Å²) in [7, 11) is 1.64. The molecule has 0 fully saturated rings. The van der Waals surface area contributed by atoms with Gasteiger partial charge in [-0.15, -0.1) is 0 Å². The lowest BCUT2D eigenvalue weighted by atomic mass is 10.3. The first-order chi connectivity index (χ1) is 5.40. The van der Waals surface area contributed by atoms with Gasteiger partial charge in [0.1, 0.15) is 16.8 Å². The molecule has 4 heteroatoms. The van der Waals surface area contributed by atoms with Crippen LogP contribution in [0.2, 0.25) is 0 Å². The molecule has 0 unspecified atom stereocenters. The molecule has 1 aromatic carbocycles. The van der Waals surface area contributed by atoms with Crippen LogP contribution in [-0.2, 0) is 0 Å². The molecule has 0 atom stereocenters. The van der Waals surface area contributed by atoms with Gasteiger partial charge in [0.2, 0.25) is 0 Å². The number of methoxy groups -OCH3 is 1. The van der Waals surface area contributed by atoms with E-state index in [0.717, 1.165) is 16.8 Å². The molecule has 0 N–H and O–H groups in total. The Kier molecular flexibility index (Phi) is 1.47. The van der Waals surface area contributed by atoms with Gasteiger partial charge in [0, 0.05) is 6.07 Å². The summed E-state index contributed by atoms with van der Waals surface area (Å²) in [5, 5.41) is 0. The number of ether oxygens (including phenoxy) is 1. The second-order valence-corrected chi connectivity index (χ2v) is 2.65. The summed E-state index contributed by atoms with van der Waals surface area (Å²) in [5.74, 6) is 0.824. The van der Waals surface area contributed by atoms with Gasteiger partial charge in [-0.1, -0.05) is 0 Å². The van der Waals surface area contributed by atoms with Crippen molar-refractivity contribution in [3.63, 3.8) is 0 Å². The minimum absolute atomic E-state index is 0.824. The van der Waals surface area contributed by atoms with Crippen molar-refractivity contribution in [2.45, 2.75) is 0 Å². The highest BCUT2D eigenvalue weighted by molar-refractivity contribution is 7.00. The summed E-state index contributed by atoms with van der Waals surface area (Å²) in [6.45, 7) is 0. The predicted molar refractivity (Wildman–Crippen MR) is 44.0 cm³/mol. The zero-order valence-electron chi connectivity index (χ0n) is 5.94. The SMILES string of the molecule is COc1ccc2nsnc2c1. The van der Waals surface area contributed by atoms with E-state index in [1.54, 1.807) is 7.11 Å². The molecular weight excluding hydrogens is 160 g/mol. The zero-order valence-corrected chi connectivity index (χ0v) is 6.76. The molecule has 0 aliphatic rings. The average molecular weight is 166 g/mol. The maximum atomic E-state index is 5.03. The molecule has 2 aromatic rings. The maximum absolute atomic E-state index is 5.03. The first-order valence-electron chi connectivity index (χ1n) is 3.16. The third-order valence-corrected chi connectivity index (χ3v) is 2.02. The molecule has 3 nitrogen and oxygen atoms in total. The van der Waals surface area contributed by atoms with Crippen LogP contribution in [0.1, 0.15) is 0 Å². The summed E-state index contributed by atoms with van der Waals surface area (Å²) < 4.78 is 13.2. The molecule has 0 bridgehead atoms. The van der Waals surface area contributed by atoms with Crippen LogP contribution < -0.4 is 4.74 Å². The van der Waals surface area contributed by atoms with Crippen LogP contribution in [0.4, 0.5) is 0 Å². The molecule has 0 spiro atoms. The average Bonchev–Trinajstić information content (AvgIpc) is 2.50. The van der Waals surface area contributed by atoms with Gasteiger partial charge < -0.3 is 4.74 Å². The van der Waals surface area contributed by atoms with Crippen molar-refractivity contribution >= 4 is 22.8 Å². The quantitative estimate of drug-likeness (QED) is 0.646. The van der Waals surface area contributed by atoms with Gasteiger partial charge in [-0.25, -0.2) is 0 Å². The van der Waals surface area contributed by atoms with Crippen molar-refractivity contribution in [3.8, 4) is 5.75 Å². The Hall–Kier alpha value is -1.16. The van der Waals surface area contributed by atoms with Gasteiger partial charge in [-0.2, -0.15) is 8.75 Å². The summed E-state index contributed by atoms with van der Waals surface area (Å²) in [6.07, 6.45) is 0. The number of hydrogen-bond donors (Lipinski definition) is 0. The van der Waals surface area contributed by atoms with Gasteiger partial charge in [0.15, 0.2) is 0 Å². The van der Waals surface area contributed by atoms with E-state index in [1.807, 2.05) is 18.2 Å². The Morgan fingerprint density at radius 2 is 2.09 bits per heavy atom. The molecule has 0 aliphatic carbocycles. The Bertz CT molecular complexity index is 371. The highest BCUT2D eigenvalue weighted by atomic mass is 32.1. The number of aromatic nitrogens is 2. The fourth-order valence-corrected chi connectivity index (χ4v) is 1.41. The molecule has 0 amide bonds. The van der Waals surface area contributed by atoms with Crippen LogP contribution in [0.25, 0.3) is 11.0 Å². The second-order valence-electron chi connectivity index (χ2n) is 2.12. The molecule has 0 saturated heterocycles. The van der Waals surface area contributed by atoms with Crippen molar-refractivity contribution in [2.75, 3.05) is 7.11 Å². The topological polar surface area (TPSA) is 35.0 Å². The number of benzene rings is 1. The van der Waals surface area contributed by atoms with E-state index in [1.165, 1.54) is 11.7 Å². The fourth-order valence-electron chi connectivity index (χ4n) is 0.889. The fraction of sp³-hybridized carbons (Fsp3) is 0.143. The molecule has 11 heavy (non-hydrogen) atoms. The minimum atomic E-state index is 0.824. The standard InChI is InChI=1S/C7H6N2OS/c1-10-5-2-3-6-7(4-5)9-11-8-6/h2-4H,1H3. The molecule has 2 rings (SSSR count). The lowest BCUT2D eigenvalue weighted by Crippen LogP contribution is -1.80. The van der Waals surface area contributed by atoms with Crippen LogP contribution in [0.15, 0.2) is 18.2 Å². The van der Waals surface area contributed by atoms with Crippen molar-refractivity contribution in [3.05, 3.63) is 18.2 Å². The van der Waals surface area contributed by atoms with E-state index in [9.17, 15) is 0 Å². The Morgan fingerprint density at radius 1 is 1.27 bits per heavy atom. The Balaban J connectivity index is 2.67. The summed E-state index contributed by atoms with van der Waals surface area (Å²) in [4.78, 5) is 0. The van der Waals surface area contributed by atoms with Crippen molar-refractivity contribution in [1.29, 1.82) is 0 Å². The largest absolute Gasteiger partial charge is 0.497 e. The molecular formula is C7H6N2OS. The first kappa shape index (κ1) is 6.54. The Labute approximate surface area is 68.0 Å². The third-order valence-electron chi connectivity index (χ3n) is 1.46. The Morgan fingerprint density at radius 3 is 2.91 bits per heavy atom. The molecule has 1 aromatic heterocycles. The van der Waals surface area contributed by atoms with Crippen LogP contribution >= 0.6 is 11.7 Å². The van der Waals surface area contributed by atoms with Crippen molar-refractivity contribution in [2.24, 2.45) is 0 Å². The summed E-state index contributed by atoms with van der Waals surface area (Å²) in [5.41, 5.74) is 1.82. The predicted octanol–water partition coefficient (Wildman–Crippen LogP) is 1.70. The first-order valence-corrected chi connectivity index (χ1v) is 3.89. The molecule has 56 valence electrons. The van der Waals surface area contributed by atoms with Gasteiger partial charge in [-0.3, -0.25) is 0 Å². The molecule has 0 radical (unpaired) electrons. The number of hydrogen-bond acceptors (Lipinski definition) is 4. The van der Waals surface area contributed by atoms with Gasteiger partial charge in [0.25, 0.3) is 0 Å². The lowest BCUT2D eigenvalue weighted by molar-refractivity contribution is 0.415. The molecule has 1 heterocycles. The van der Waals surface area contributed by atoms with E-state index in [2.05, 4.69) is 8.75 Å². The monoisotopic (exact) mass is 166 g/mol. The third kappa shape index (κ3) is 1.05.